The average Bonchev–Trinajstić information content (AvgIpc) is 2.17. The summed E-state index contributed by atoms with van der Waals surface area (Å²) in [6.07, 6.45) is 4.41. The van der Waals surface area contributed by atoms with Crippen LogP contribution < -0.4 is 0 Å². The van der Waals surface area contributed by atoms with E-state index in [-0.39, 0.29) is 65.5 Å². The summed E-state index contributed by atoms with van der Waals surface area (Å²) in [7, 11) is 0. The van der Waals surface area contributed by atoms with Crippen molar-refractivity contribution >= 4 is 52.7 Å². The molecule has 0 amide bonds. The van der Waals surface area contributed by atoms with Crippen LogP contribution >= 0.6 is 0 Å². The first-order valence-electron chi connectivity index (χ1n) is 5.64. The van der Waals surface area contributed by atoms with E-state index in [0.29, 0.717) is 25.7 Å². The van der Waals surface area contributed by atoms with E-state index in [1.807, 2.05) is 0 Å². The molecule has 90 valence electrons. The van der Waals surface area contributed by atoms with Crippen LogP contribution in [0.2, 0.25) is 0 Å². The van der Waals surface area contributed by atoms with Gasteiger partial charge in [-0.3, -0.25) is 19.2 Å². The Labute approximate surface area is 123 Å². The van der Waals surface area contributed by atoms with Gasteiger partial charge in [0, 0.05) is 25.7 Å². The van der Waals surface area contributed by atoms with Crippen molar-refractivity contribution in [1.82, 2.24) is 0 Å². The standard InChI is InChI=1S/2C6H8O2.Na.H/c2*7-5-2-1-3-6(8)4-5;;/h2*1-4H2;;. The monoisotopic (exact) mass is 248 g/mol. The maximum atomic E-state index is 10.5. The molecular weight excluding hydrogens is 231 g/mol. The first-order chi connectivity index (χ1) is 7.58. The Morgan fingerprint density at radius 3 is 0.882 bits per heavy atom. The second kappa shape index (κ2) is 8.72. The molecule has 0 spiro atoms. The van der Waals surface area contributed by atoms with Crippen LogP contribution in [-0.4, -0.2) is 52.7 Å². The molecule has 17 heavy (non-hydrogen) atoms. The molecule has 0 aromatic carbocycles. The molecule has 0 bridgehead atoms. The molecule has 2 saturated carbocycles. The van der Waals surface area contributed by atoms with Gasteiger partial charge in [0.05, 0.1) is 12.8 Å². The van der Waals surface area contributed by atoms with Crippen molar-refractivity contribution in [2.75, 3.05) is 0 Å². The molecule has 0 atom stereocenters. The normalized spacial score (nSPS) is 20.2. The maximum absolute atomic E-state index is 10.5. The van der Waals surface area contributed by atoms with E-state index in [9.17, 15) is 19.2 Å². The summed E-state index contributed by atoms with van der Waals surface area (Å²) >= 11 is 0. The second-order valence-corrected chi connectivity index (χ2v) is 4.22. The predicted molar refractivity (Wildman–Crippen MR) is 64.1 cm³/mol. The van der Waals surface area contributed by atoms with Crippen molar-refractivity contribution in [2.24, 2.45) is 0 Å². The third-order valence-corrected chi connectivity index (χ3v) is 2.61. The zero-order valence-electron chi connectivity index (χ0n) is 9.29. The van der Waals surface area contributed by atoms with Gasteiger partial charge in [0.25, 0.3) is 0 Å². The van der Waals surface area contributed by atoms with Crippen LogP contribution in [0.15, 0.2) is 0 Å². The van der Waals surface area contributed by atoms with Crippen LogP contribution in [0.3, 0.4) is 0 Å². The van der Waals surface area contributed by atoms with E-state index in [1.54, 1.807) is 0 Å². The molecule has 2 rings (SSSR count). The van der Waals surface area contributed by atoms with Crippen molar-refractivity contribution in [1.29, 1.82) is 0 Å². The summed E-state index contributed by atoms with van der Waals surface area (Å²) in [6, 6.07) is 0. The average molecular weight is 248 g/mol. The molecule has 0 heterocycles. The molecule has 0 aliphatic heterocycles. The fraction of sp³-hybridized carbons (Fsp3) is 0.667. The molecule has 5 heteroatoms. The SMILES string of the molecule is O=C1CCCC(=O)C1.O=C1CCCC(=O)C1.[NaH]. The minimum atomic E-state index is 0. The molecule has 0 saturated heterocycles. The molecule has 0 radical (unpaired) electrons. The Balaban J connectivity index is 0.000000284. The van der Waals surface area contributed by atoms with Crippen LogP contribution in [0.25, 0.3) is 0 Å². The van der Waals surface area contributed by atoms with Gasteiger partial charge < -0.3 is 0 Å². The van der Waals surface area contributed by atoms with Gasteiger partial charge in [-0.05, 0) is 12.8 Å². The Morgan fingerprint density at radius 1 is 0.529 bits per heavy atom. The van der Waals surface area contributed by atoms with Crippen molar-refractivity contribution in [3.8, 4) is 0 Å². The van der Waals surface area contributed by atoms with Crippen LogP contribution in [0, 0.1) is 0 Å². The van der Waals surface area contributed by atoms with Crippen LogP contribution in [-0.2, 0) is 19.2 Å². The molecule has 2 aliphatic carbocycles. The number of carbonyl (C=O) groups excluding carboxylic acids is 4. The summed E-state index contributed by atoms with van der Waals surface area (Å²) in [4.78, 5) is 41.8. The molecule has 2 aliphatic rings. The van der Waals surface area contributed by atoms with E-state index < -0.39 is 0 Å². The zero-order valence-corrected chi connectivity index (χ0v) is 9.29. The molecular formula is C12H17NaO4. The van der Waals surface area contributed by atoms with Gasteiger partial charge in [-0.25, -0.2) is 0 Å². The first kappa shape index (κ1) is 16.7. The Kier molecular flexibility index (Phi) is 8.56. The van der Waals surface area contributed by atoms with Crippen molar-refractivity contribution in [3.63, 3.8) is 0 Å². The summed E-state index contributed by atoms with van der Waals surface area (Å²) in [5, 5.41) is 0. The third kappa shape index (κ3) is 7.58. The summed E-state index contributed by atoms with van der Waals surface area (Å²) < 4.78 is 0. The fourth-order valence-electron chi connectivity index (χ4n) is 1.76. The van der Waals surface area contributed by atoms with Crippen molar-refractivity contribution in [2.45, 2.75) is 51.4 Å². The number of hydrogen-bond acceptors (Lipinski definition) is 4. The number of rotatable bonds is 0. The van der Waals surface area contributed by atoms with Gasteiger partial charge in [-0.2, -0.15) is 0 Å². The number of carbonyl (C=O) groups is 4. The zero-order chi connectivity index (χ0) is 12.0. The van der Waals surface area contributed by atoms with E-state index in [0.717, 1.165) is 12.8 Å². The Bertz CT molecular complexity index is 262. The number of Topliss-reactive ketones (excluding diaryl/α,β-unsaturated/α-hetero) is 4. The van der Waals surface area contributed by atoms with E-state index in [4.69, 9.17) is 0 Å². The minimum absolute atomic E-state index is 0. The summed E-state index contributed by atoms with van der Waals surface area (Å²) in [6.45, 7) is 0. The second-order valence-electron chi connectivity index (χ2n) is 4.22. The fourth-order valence-corrected chi connectivity index (χ4v) is 1.76. The van der Waals surface area contributed by atoms with Crippen LogP contribution in [0.1, 0.15) is 51.4 Å². The third-order valence-electron chi connectivity index (χ3n) is 2.61. The molecule has 0 N–H and O–H groups in total. The molecule has 0 unspecified atom stereocenters. The summed E-state index contributed by atoms with van der Waals surface area (Å²) in [5.74, 6) is 0.449. The van der Waals surface area contributed by atoms with E-state index in [1.165, 1.54) is 0 Å². The quantitative estimate of drug-likeness (QED) is 0.468. The van der Waals surface area contributed by atoms with Gasteiger partial charge in [0.2, 0.25) is 0 Å². The Morgan fingerprint density at radius 2 is 0.765 bits per heavy atom. The molecule has 0 aromatic rings. The van der Waals surface area contributed by atoms with Gasteiger partial charge in [-0.1, -0.05) is 0 Å². The number of ketones is 4. The van der Waals surface area contributed by atoms with Crippen LogP contribution in [0.5, 0.6) is 0 Å². The van der Waals surface area contributed by atoms with E-state index >= 15 is 0 Å². The van der Waals surface area contributed by atoms with Crippen molar-refractivity contribution in [3.05, 3.63) is 0 Å². The van der Waals surface area contributed by atoms with Gasteiger partial charge >= 0.3 is 29.6 Å². The van der Waals surface area contributed by atoms with E-state index in [2.05, 4.69) is 0 Å². The summed E-state index contributed by atoms with van der Waals surface area (Å²) in [5.41, 5.74) is 0. The van der Waals surface area contributed by atoms with Crippen LogP contribution in [0.4, 0.5) is 0 Å². The molecule has 0 aromatic heterocycles. The topological polar surface area (TPSA) is 68.3 Å². The molecule has 4 nitrogen and oxygen atoms in total. The predicted octanol–water partition coefficient (Wildman–Crippen LogP) is 0.749. The van der Waals surface area contributed by atoms with Gasteiger partial charge in [0.15, 0.2) is 0 Å². The Hall–Kier alpha value is -0.320. The first-order valence-corrected chi connectivity index (χ1v) is 5.64. The number of hydrogen-bond donors (Lipinski definition) is 0. The van der Waals surface area contributed by atoms with Gasteiger partial charge in [-0.15, -0.1) is 0 Å². The van der Waals surface area contributed by atoms with Crippen molar-refractivity contribution < 1.29 is 19.2 Å². The van der Waals surface area contributed by atoms with Gasteiger partial charge in [0.1, 0.15) is 23.1 Å². The molecule has 2 fully saturated rings.